The van der Waals surface area contributed by atoms with Gasteiger partial charge in [0.25, 0.3) is 0 Å². The van der Waals surface area contributed by atoms with E-state index in [1.54, 1.807) is 11.8 Å². The van der Waals surface area contributed by atoms with Crippen molar-refractivity contribution in [3.8, 4) is 0 Å². The zero-order valence-corrected chi connectivity index (χ0v) is 12.3. The molecule has 1 atom stereocenters. The number of amides is 2. The molecule has 1 aliphatic heterocycles. The molecule has 1 unspecified atom stereocenters. The lowest BCUT2D eigenvalue weighted by atomic mass is 10.1. The molecule has 2 amide bonds. The summed E-state index contributed by atoms with van der Waals surface area (Å²) in [5.41, 5.74) is -0.263. The molecule has 0 bridgehead atoms. The zero-order valence-electron chi connectivity index (χ0n) is 12.3. The van der Waals surface area contributed by atoms with Crippen LogP contribution in [0.15, 0.2) is 0 Å². The van der Waals surface area contributed by atoms with Gasteiger partial charge in [-0.1, -0.05) is 0 Å². The van der Waals surface area contributed by atoms with Gasteiger partial charge in [0.05, 0.1) is 25.8 Å². The summed E-state index contributed by atoms with van der Waals surface area (Å²) in [6.07, 6.45) is 0. The lowest BCUT2D eigenvalue weighted by Gasteiger charge is -2.28. The first-order chi connectivity index (χ1) is 8.79. The van der Waals surface area contributed by atoms with Gasteiger partial charge in [0, 0.05) is 18.6 Å². The van der Waals surface area contributed by atoms with Crippen molar-refractivity contribution in [1.82, 2.24) is 15.5 Å². The molecule has 1 saturated heterocycles. The molecule has 0 aromatic rings. The summed E-state index contributed by atoms with van der Waals surface area (Å²) in [4.78, 5) is 25.5. The predicted octanol–water partition coefficient (Wildman–Crippen LogP) is -0.262. The highest BCUT2D eigenvalue weighted by Gasteiger charge is 2.21. The van der Waals surface area contributed by atoms with E-state index in [0.717, 1.165) is 0 Å². The Balaban J connectivity index is 2.30. The summed E-state index contributed by atoms with van der Waals surface area (Å²) in [5, 5.41) is 5.83. The van der Waals surface area contributed by atoms with Crippen LogP contribution in [0.5, 0.6) is 0 Å². The normalized spacial score (nSPS) is 18.0. The standard InChI is InChI=1S/C13H25N3O3/c1-10(12(18)15-13(2,3)4)14-9-11(17)16-5-7-19-8-6-16/h10,14H,5-9H2,1-4H3,(H,15,18). The third-order valence-electron chi connectivity index (χ3n) is 2.81. The summed E-state index contributed by atoms with van der Waals surface area (Å²) in [7, 11) is 0. The van der Waals surface area contributed by atoms with Crippen LogP contribution in [0.4, 0.5) is 0 Å². The van der Waals surface area contributed by atoms with Crippen LogP contribution in [0.1, 0.15) is 27.7 Å². The molecule has 0 aromatic heterocycles. The average molecular weight is 271 g/mol. The number of hydrogen-bond donors (Lipinski definition) is 2. The first kappa shape index (κ1) is 15.9. The molecule has 0 aliphatic carbocycles. The van der Waals surface area contributed by atoms with Crippen LogP contribution < -0.4 is 10.6 Å². The highest BCUT2D eigenvalue weighted by Crippen LogP contribution is 2.00. The van der Waals surface area contributed by atoms with Gasteiger partial charge in [-0.15, -0.1) is 0 Å². The highest BCUT2D eigenvalue weighted by atomic mass is 16.5. The lowest BCUT2D eigenvalue weighted by Crippen LogP contribution is -2.52. The maximum absolute atomic E-state index is 11.9. The zero-order chi connectivity index (χ0) is 14.5. The monoisotopic (exact) mass is 271 g/mol. The maximum Gasteiger partial charge on any atom is 0.237 e. The molecule has 1 aliphatic rings. The van der Waals surface area contributed by atoms with E-state index >= 15 is 0 Å². The Morgan fingerprint density at radius 3 is 2.37 bits per heavy atom. The van der Waals surface area contributed by atoms with E-state index in [2.05, 4.69) is 10.6 Å². The van der Waals surface area contributed by atoms with E-state index in [1.165, 1.54) is 0 Å². The summed E-state index contributed by atoms with van der Waals surface area (Å²) in [6.45, 7) is 10.2. The topological polar surface area (TPSA) is 70.7 Å². The molecule has 2 N–H and O–H groups in total. The van der Waals surface area contributed by atoms with Gasteiger partial charge in [-0.25, -0.2) is 0 Å². The Hall–Kier alpha value is -1.14. The van der Waals surface area contributed by atoms with Gasteiger partial charge in [-0.05, 0) is 27.7 Å². The van der Waals surface area contributed by atoms with Crippen LogP contribution in [0.3, 0.4) is 0 Å². The fraction of sp³-hybridized carbons (Fsp3) is 0.846. The van der Waals surface area contributed by atoms with Crippen LogP contribution in [0.2, 0.25) is 0 Å². The Morgan fingerprint density at radius 1 is 1.26 bits per heavy atom. The van der Waals surface area contributed by atoms with E-state index in [4.69, 9.17) is 4.74 Å². The summed E-state index contributed by atoms with van der Waals surface area (Å²) in [6, 6.07) is -0.385. The largest absolute Gasteiger partial charge is 0.378 e. The van der Waals surface area contributed by atoms with Gasteiger partial charge >= 0.3 is 0 Å². The van der Waals surface area contributed by atoms with Crippen molar-refractivity contribution in [3.63, 3.8) is 0 Å². The number of nitrogens with zero attached hydrogens (tertiary/aromatic N) is 1. The molecule has 6 heteroatoms. The van der Waals surface area contributed by atoms with Crippen molar-refractivity contribution < 1.29 is 14.3 Å². The summed E-state index contributed by atoms with van der Waals surface area (Å²) in [5.74, 6) is -0.0824. The molecule has 0 radical (unpaired) electrons. The van der Waals surface area contributed by atoms with Crippen LogP contribution in [-0.4, -0.2) is 61.1 Å². The van der Waals surface area contributed by atoms with E-state index in [0.29, 0.717) is 26.3 Å². The molecule has 1 heterocycles. The lowest BCUT2D eigenvalue weighted by molar-refractivity contribution is -0.134. The first-order valence-electron chi connectivity index (χ1n) is 6.70. The smallest absolute Gasteiger partial charge is 0.237 e. The average Bonchev–Trinajstić information content (AvgIpc) is 2.34. The minimum Gasteiger partial charge on any atom is -0.378 e. The molecule has 0 saturated carbocycles. The predicted molar refractivity (Wildman–Crippen MR) is 72.8 cm³/mol. The van der Waals surface area contributed by atoms with Gasteiger partial charge in [0.2, 0.25) is 11.8 Å². The van der Waals surface area contributed by atoms with E-state index < -0.39 is 0 Å². The van der Waals surface area contributed by atoms with Crippen molar-refractivity contribution in [2.24, 2.45) is 0 Å². The van der Waals surface area contributed by atoms with Crippen LogP contribution in [0, 0.1) is 0 Å². The van der Waals surface area contributed by atoms with Gasteiger partial charge < -0.3 is 15.0 Å². The Morgan fingerprint density at radius 2 is 1.84 bits per heavy atom. The van der Waals surface area contributed by atoms with Gasteiger partial charge in [-0.3, -0.25) is 14.9 Å². The van der Waals surface area contributed by atoms with E-state index in [-0.39, 0.29) is 29.9 Å². The SMILES string of the molecule is CC(NCC(=O)N1CCOCC1)C(=O)NC(C)(C)C. The fourth-order valence-corrected chi connectivity index (χ4v) is 1.74. The Bertz CT molecular complexity index is 320. The molecular formula is C13H25N3O3. The third-order valence-corrected chi connectivity index (χ3v) is 2.81. The highest BCUT2D eigenvalue weighted by molar-refractivity contribution is 5.83. The molecule has 0 aromatic carbocycles. The second-order valence-corrected chi connectivity index (χ2v) is 5.83. The minimum atomic E-state index is -0.385. The van der Waals surface area contributed by atoms with Crippen molar-refractivity contribution in [2.75, 3.05) is 32.8 Å². The molecule has 19 heavy (non-hydrogen) atoms. The van der Waals surface area contributed by atoms with Crippen LogP contribution in [0.25, 0.3) is 0 Å². The molecule has 1 fully saturated rings. The van der Waals surface area contributed by atoms with Crippen LogP contribution >= 0.6 is 0 Å². The van der Waals surface area contributed by atoms with Crippen LogP contribution in [-0.2, 0) is 14.3 Å². The van der Waals surface area contributed by atoms with E-state index in [1.807, 2.05) is 20.8 Å². The number of morpholine rings is 1. The first-order valence-corrected chi connectivity index (χ1v) is 6.70. The van der Waals surface area contributed by atoms with E-state index in [9.17, 15) is 9.59 Å². The molecule has 1 rings (SSSR count). The maximum atomic E-state index is 11.9. The number of rotatable bonds is 4. The number of nitrogens with one attached hydrogen (secondary N) is 2. The molecular weight excluding hydrogens is 246 g/mol. The van der Waals surface area contributed by atoms with Crippen molar-refractivity contribution >= 4 is 11.8 Å². The van der Waals surface area contributed by atoms with Crippen molar-refractivity contribution in [3.05, 3.63) is 0 Å². The van der Waals surface area contributed by atoms with Crippen molar-refractivity contribution in [1.29, 1.82) is 0 Å². The second kappa shape index (κ2) is 6.86. The number of hydrogen-bond acceptors (Lipinski definition) is 4. The number of carbonyl (C=O) groups is 2. The van der Waals surface area contributed by atoms with Gasteiger partial charge in [-0.2, -0.15) is 0 Å². The summed E-state index contributed by atoms with van der Waals surface area (Å²) >= 11 is 0. The number of ether oxygens (including phenoxy) is 1. The van der Waals surface area contributed by atoms with Crippen molar-refractivity contribution in [2.45, 2.75) is 39.3 Å². The van der Waals surface area contributed by atoms with Gasteiger partial charge in [0.15, 0.2) is 0 Å². The fourth-order valence-electron chi connectivity index (χ4n) is 1.74. The summed E-state index contributed by atoms with van der Waals surface area (Å²) < 4.78 is 5.19. The Kier molecular flexibility index (Phi) is 5.75. The third kappa shape index (κ3) is 6.02. The molecule has 6 nitrogen and oxygen atoms in total. The molecule has 0 spiro atoms. The Labute approximate surface area is 114 Å². The second-order valence-electron chi connectivity index (χ2n) is 5.83. The quantitative estimate of drug-likeness (QED) is 0.739. The van der Waals surface area contributed by atoms with Gasteiger partial charge in [0.1, 0.15) is 0 Å². The number of carbonyl (C=O) groups excluding carboxylic acids is 2. The minimum absolute atomic E-state index is 0.0127. The molecule has 110 valence electrons.